The molecule has 132 valence electrons. The Bertz CT molecular complexity index is 759. The second kappa shape index (κ2) is 6.87. The normalized spacial score (nSPS) is 21.8. The lowest BCUT2D eigenvalue weighted by atomic mass is 9.85. The largest absolute Gasteiger partial charge is 0.456 e. The third-order valence-corrected chi connectivity index (χ3v) is 5.50. The van der Waals surface area contributed by atoms with Crippen molar-refractivity contribution in [2.24, 2.45) is 5.92 Å². The minimum Gasteiger partial charge on any atom is -0.456 e. The molecule has 1 aromatic rings. The van der Waals surface area contributed by atoms with E-state index in [4.69, 9.17) is 4.74 Å². The topological polar surface area (TPSA) is 89.8 Å². The zero-order valence-electron chi connectivity index (χ0n) is 13.9. The van der Waals surface area contributed by atoms with Crippen molar-refractivity contribution in [1.29, 1.82) is 0 Å². The first-order valence-corrected chi connectivity index (χ1v) is 9.21. The number of non-ortho nitro benzene ring substituents is 1. The van der Waals surface area contributed by atoms with Crippen LogP contribution in [0.15, 0.2) is 34.9 Å². The lowest BCUT2D eigenvalue weighted by Crippen LogP contribution is -2.58. The van der Waals surface area contributed by atoms with E-state index < -0.39 is 10.9 Å². The lowest BCUT2D eigenvalue weighted by Gasteiger charge is -2.43. The van der Waals surface area contributed by atoms with Crippen LogP contribution in [0, 0.1) is 16.0 Å². The van der Waals surface area contributed by atoms with E-state index in [0.717, 1.165) is 11.3 Å². The second-order valence-electron chi connectivity index (χ2n) is 5.97. The Morgan fingerprint density at radius 1 is 1.40 bits per heavy atom. The maximum Gasteiger partial charge on any atom is 0.356 e. The molecule has 0 spiro atoms. The molecule has 3 rings (SSSR count). The van der Waals surface area contributed by atoms with Gasteiger partial charge in [-0.15, -0.1) is 11.8 Å². The van der Waals surface area contributed by atoms with Crippen molar-refractivity contribution in [3.8, 4) is 0 Å². The van der Waals surface area contributed by atoms with Gasteiger partial charge in [-0.1, -0.05) is 6.92 Å². The molecule has 0 N–H and O–H groups in total. The van der Waals surface area contributed by atoms with Crippen molar-refractivity contribution in [1.82, 2.24) is 4.90 Å². The van der Waals surface area contributed by atoms with Crippen LogP contribution < -0.4 is 0 Å². The van der Waals surface area contributed by atoms with Crippen LogP contribution in [0.3, 0.4) is 0 Å². The number of nitrogens with zero attached hydrogens (tertiary/aromatic N) is 2. The standard InChI is InChI=1S/C17H18N2O5S/c1-3-12-13-8-14(25-2)15(18(13)16(12)20)17(21)24-9-10-4-6-11(7-5-10)19(22)23/h4-7,12-13H,3,8-9H2,1-2H3. The number of hydrogen-bond donors (Lipinski definition) is 0. The number of carbonyl (C=O) groups excluding carboxylic acids is 2. The molecule has 0 radical (unpaired) electrons. The third-order valence-electron chi connectivity index (χ3n) is 4.65. The highest BCUT2D eigenvalue weighted by Gasteiger charge is 2.54. The number of amides is 1. The van der Waals surface area contributed by atoms with Crippen LogP contribution in [0.1, 0.15) is 25.3 Å². The minimum absolute atomic E-state index is 0.00585. The first-order valence-electron chi connectivity index (χ1n) is 7.98. The SMILES string of the molecule is CCC1C(=O)N2C(C(=O)OCc3ccc([N+](=O)[O-])cc3)=C(SC)CC12. The molecule has 2 heterocycles. The molecule has 0 aliphatic carbocycles. The Hall–Kier alpha value is -2.35. The summed E-state index contributed by atoms with van der Waals surface area (Å²) < 4.78 is 5.34. The first-order chi connectivity index (χ1) is 12.0. The van der Waals surface area contributed by atoms with Gasteiger partial charge in [0, 0.05) is 23.5 Å². The molecule has 2 aliphatic heterocycles. The van der Waals surface area contributed by atoms with E-state index in [1.165, 1.54) is 23.9 Å². The van der Waals surface area contributed by atoms with E-state index >= 15 is 0 Å². The summed E-state index contributed by atoms with van der Waals surface area (Å²) in [6, 6.07) is 5.91. The minimum atomic E-state index is -0.520. The van der Waals surface area contributed by atoms with Gasteiger partial charge >= 0.3 is 5.97 Å². The van der Waals surface area contributed by atoms with Crippen molar-refractivity contribution >= 4 is 29.3 Å². The highest BCUT2D eigenvalue weighted by atomic mass is 32.2. The van der Waals surface area contributed by atoms with Gasteiger partial charge in [-0.05, 0) is 30.4 Å². The van der Waals surface area contributed by atoms with E-state index in [0.29, 0.717) is 17.7 Å². The van der Waals surface area contributed by atoms with Gasteiger partial charge in [-0.25, -0.2) is 4.79 Å². The van der Waals surface area contributed by atoms with Gasteiger partial charge in [0.15, 0.2) is 0 Å². The molecule has 2 unspecified atom stereocenters. The second-order valence-corrected chi connectivity index (χ2v) is 6.87. The van der Waals surface area contributed by atoms with E-state index in [1.54, 1.807) is 17.0 Å². The molecule has 25 heavy (non-hydrogen) atoms. The number of thioether (sulfide) groups is 1. The van der Waals surface area contributed by atoms with Crippen LogP contribution >= 0.6 is 11.8 Å². The number of ether oxygens (including phenoxy) is 1. The number of carbonyl (C=O) groups is 2. The Morgan fingerprint density at radius 3 is 2.64 bits per heavy atom. The maximum absolute atomic E-state index is 12.5. The number of hydrogen-bond acceptors (Lipinski definition) is 6. The summed E-state index contributed by atoms with van der Waals surface area (Å²) in [5, 5.41) is 10.7. The number of fused-ring (bicyclic) bond motifs is 1. The van der Waals surface area contributed by atoms with Crippen molar-refractivity contribution in [2.45, 2.75) is 32.4 Å². The molecular formula is C17H18N2O5S. The Labute approximate surface area is 149 Å². The number of esters is 1. The van der Waals surface area contributed by atoms with Crippen LogP contribution in [-0.2, 0) is 20.9 Å². The zero-order valence-corrected chi connectivity index (χ0v) is 14.7. The van der Waals surface area contributed by atoms with Crippen LogP contribution in [0.5, 0.6) is 0 Å². The molecule has 0 bridgehead atoms. The van der Waals surface area contributed by atoms with Crippen molar-refractivity contribution in [3.05, 3.63) is 50.5 Å². The fourth-order valence-electron chi connectivity index (χ4n) is 3.31. The summed E-state index contributed by atoms with van der Waals surface area (Å²) in [7, 11) is 0. The van der Waals surface area contributed by atoms with Gasteiger partial charge in [0.25, 0.3) is 5.69 Å². The number of β-lactam (4-membered cyclic amide) rings is 1. The van der Waals surface area contributed by atoms with Crippen LogP contribution in [0.2, 0.25) is 0 Å². The number of nitro benzene ring substituents is 1. The van der Waals surface area contributed by atoms with Gasteiger partial charge in [-0.2, -0.15) is 0 Å². The summed E-state index contributed by atoms with van der Waals surface area (Å²) in [5.41, 5.74) is 0.994. The van der Waals surface area contributed by atoms with Crippen LogP contribution in [-0.4, -0.2) is 34.0 Å². The van der Waals surface area contributed by atoms with Crippen molar-refractivity contribution < 1.29 is 19.2 Å². The van der Waals surface area contributed by atoms with Gasteiger partial charge in [0.05, 0.1) is 16.9 Å². The lowest BCUT2D eigenvalue weighted by molar-refractivity contribution is -0.384. The summed E-state index contributed by atoms with van der Waals surface area (Å²) >= 11 is 1.47. The molecular weight excluding hydrogens is 344 g/mol. The first kappa shape index (κ1) is 17.5. The molecule has 0 aromatic heterocycles. The van der Waals surface area contributed by atoms with Crippen LogP contribution in [0.25, 0.3) is 0 Å². The highest BCUT2D eigenvalue weighted by Crippen LogP contribution is 2.46. The molecule has 1 fully saturated rings. The van der Waals surface area contributed by atoms with Crippen molar-refractivity contribution in [3.63, 3.8) is 0 Å². The predicted octanol–water partition coefficient (Wildman–Crippen LogP) is 2.85. The van der Waals surface area contributed by atoms with Crippen molar-refractivity contribution in [2.75, 3.05) is 6.26 Å². The average molecular weight is 362 g/mol. The predicted molar refractivity (Wildman–Crippen MR) is 92.5 cm³/mol. The molecule has 1 amide bonds. The van der Waals surface area contributed by atoms with Gasteiger partial charge in [-0.3, -0.25) is 14.9 Å². The quantitative estimate of drug-likeness (QED) is 0.334. The molecule has 1 saturated heterocycles. The molecule has 1 aromatic carbocycles. The molecule has 2 aliphatic rings. The van der Waals surface area contributed by atoms with Gasteiger partial charge in [0.2, 0.25) is 5.91 Å². The molecule has 0 saturated carbocycles. The van der Waals surface area contributed by atoms with Gasteiger partial charge in [0.1, 0.15) is 12.3 Å². The number of nitro groups is 1. The maximum atomic E-state index is 12.5. The fourth-order valence-corrected chi connectivity index (χ4v) is 4.02. The molecule has 2 atom stereocenters. The summed E-state index contributed by atoms with van der Waals surface area (Å²) in [6.45, 7) is 1.98. The smallest absolute Gasteiger partial charge is 0.356 e. The average Bonchev–Trinajstić information content (AvgIpc) is 2.95. The Kier molecular flexibility index (Phi) is 4.80. The molecule has 7 nitrogen and oxygen atoms in total. The number of rotatable bonds is 6. The summed E-state index contributed by atoms with van der Waals surface area (Å²) in [5.74, 6) is -0.547. The van der Waals surface area contributed by atoms with E-state index in [9.17, 15) is 19.7 Å². The molecule has 8 heteroatoms. The fraction of sp³-hybridized carbons (Fsp3) is 0.412. The van der Waals surface area contributed by atoms with E-state index in [1.807, 2.05) is 13.2 Å². The zero-order chi connectivity index (χ0) is 18.1. The Morgan fingerprint density at radius 2 is 2.08 bits per heavy atom. The summed E-state index contributed by atoms with van der Waals surface area (Å²) in [6.07, 6.45) is 3.36. The number of benzene rings is 1. The van der Waals surface area contributed by atoms with E-state index in [2.05, 4.69) is 0 Å². The summed E-state index contributed by atoms with van der Waals surface area (Å²) in [4.78, 5) is 37.3. The third kappa shape index (κ3) is 3.02. The van der Waals surface area contributed by atoms with Gasteiger partial charge < -0.3 is 9.64 Å². The van der Waals surface area contributed by atoms with Crippen LogP contribution in [0.4, 0.5) is 5.69 Å². The monoisotopic (exact) mass is 362 g/mol. The Balaban J connectivity index is 1.68. The van der Waals surface area contributed by atoms with E-state index in [-0.39, 0.29) is 30.2 Å². The highest BCUT2D eigenvalue weighted by molar-refractivity contribution is 8.02.